The Labute approximate surface area is 71.9 Å². The Kier molecular flexibility index (Phi) is 3.22. The number of hydrogen-bond acceptors (Lipinski definition) is 3. The molecule has 0 amide bonds. The summed E-state index contributed by atoms with van der Waals surface area (Å²) in [6, 6.07) is 6.13. The van der Waals surface area contributed by atoms with E-state index >= 15 is 0 Å². The summed E-state index contributed by atoms with van der Waals surface area (Å²) < 4.78 is 0. The van der Waals surface area contributed by atoms with Crippen LogP contribution in [0.3, 0.4) is 0 Å². The van der Waals surface area contributed by atoms with E-state index in [1.54, 1.807) is 5.64 Å². The molecule has 0 aliphatic rings. The Bertz CT molecular complexity index is 240. The van der Waals surface area contributed by atoms with Crippen molar-refractivity contribution < 1.29 is 10.0 Å². The summed E-state index contributed by atoms with van der Waals surface area (Å²) in [6.07, 6.45) is 0. The zero-order chi connectivity index (χ0) is 8.97. The first kappa shape index (κ1) is 9.19. The van der Waals surface area contributed by atoms with E-state index < -0.39 is 0 Å². The molecule has 0 aliphatic carbocycles. The Hall–Kier alpha value is -0.900. The van der Waals surface area contributed by atoms with Gasteiger partial charge in [0, 0.05) is 0 Å². The Morgan fingerprint density at radius 1 is 1.25 bits per heavy atom. The summed E-state index contributed by atoms with van der Waals surface area (Å²) in [5, 5.41) is 8.19. The molecule has 12 heavy (non-hydrogen) atoms. The standard InChI is InChI=1S/C9H13NO2/c1-7-3-8(2)5-9(4-7)6-12-10-11/h3-5,10-11H,6H2,1-2H3. The highest BCUT2D eigenvalue weighted by molar-refractivity contribution is 5.27. The second-order valence-electron chi connectivity index (χ2n) is 2.88. The van der Waals surface area contributed by atoms with Gasteiger partial charge >= 0.3 is 0 Å². The number of hydrogen-bond donors (Lipinski definition) is 2. The predicted octanol–water partition coefficient (Wildman–Crippen LogP) is 1.71. The van der Waals surface area contributed by atoms with Gasteiger partial charge in [0.25, 0.3) is 0 Å². The van der Waals surface area contributed by atoms with Gasteiger partial charge in [-0.1, -0.05) is 35.0 Å². The highest BCUT2D eigenvalue weighted by atomic mass is 16.8. The van der Waals surface area contributed by atoms with Crippen LogP contribution in [0.1, 0.15) is 16.7 Å². The normalized spacial score (nSPS) is 10.2. The molecule has 2 N–H and O–H groups in total. The molecular weight excluding hydrogens is 154 g/mol. The maximum absolute atomic E-state index is 8.19. The summed E-state index contributed by atoms with van der Waals surface area (Å²) in [4.78, 5) is 4.64. The smallest absolute Gasteiger partial charge is 0.0960 e. The van der Waals surface area contributed by atoms with Crippen molar-refractivity contribution >= 4 is 0 Å². The van der Waals surface area contributed by atoms with E-state index in [0.717, 1.165) is 5.56 Å². The van der Waals surface area contributed by atoms with Crippen LogP contribution < -0.4 is 5.64 Å². The summed E-state index contributed by atoms with van der Waals surface area (Å²) in [7, 11) is 0. The van der Waals surface area contributed by atoms with Crippen molar-refractivity contribution in [3.8, 4) is 0 Å². The van der Waals surface area contributed by atoms with Crippen molar-refractivity contribution in [3.05, 3.63) is 34.9 Å². The number of benzene rings is 1. The molecule has 3 heteroatoms. The first-order chi connectivity index (χ1) is 5.72. The van der Waals surface area contributed by atoms with Crippen molar-refractivity contribution in [1.29, 1.82) is 0 Å². The Morgan fingerprint density at radius 2 is 1.83 bits per heavy atom. The summed E-state index contributed by atoms with van der Waals surface area (Å²) in [6.45, 7) is 4.44. The quantitative estimate of drug-likeness (QED) is 0.673. The molecular formula is C9H13NO2. The number of nitrogens with one attached hydrogen (secondary N) is 1. The molecule has 0 unspecified atom stereocenters. The molecule has 0 aliphatic heterocycles. The predicted molar refractivity (Wildman–Crippen MR) is 45.6 cm³/mol. The van der Waals surface area contributed by atoms with Crippen LogP contribution in [-0.4, -0.2) is 5.21 Å². The lowest BCUT2D eigenvalue weighted by Gasteiger charge is -2.03. The largest absolute Gasteiger partial charge is 0.292 e. The first-order valence-corrected chi connectivity index (χ1v) is 3.80. The van der Waals surface area contributed by atoms with Gasteiger partial charge < -0.3 is 0 Å². The lowest BCUT2D eigenvalue weighted by molar-refractivity contribution is -0.135. The average molecular weight is 167 g/mol. The van der Waals surface area contributed by atoms with Crippen molar-refractivity contribution in [2.45, 2.75) is 20.5 Å². The Morgan fingerprint density at radius 3 is 2.33 bits per heavy atom. The van der Waals surface area contributed by atoms with E-state index in [2.05, 4.69) is 10.9 Å². The van der Waals surface area contributed by atoms with Crippen molar-refractivity contribution in [2.75, 3.05) is 0 Å². The van der Waals surface area contributed by atoms with E-state index in [0.29, 0.717) is 6.61 Å². The van der Waals surface area contributed by atoms with Crippen LogP contribution in [0.25, 0.3) is 0 Å². The zero-order valence-electron chi connectivity index (χ0n) is 7.29. The fourth-order valence-electron chi connectivity index (χ4n) is 1.27. The summed E-state index contributed by atoms with van der Waals surface area (Å²) >= 11 is 0. The van der Waals surface area contributed by atoms with Crippen molar-refractivity contribution in [2.24, 2.45) is 0 Å². The van der Waals surface area contributed by atoms with Gasteiger partial charge in [0.2, 0.25) is 0 Å². The fourth-order valence-corrected chi connectivity index (χ4v) is 1.27. The lowest BCUT2D eigenvalue weighted by Crippen LogP contribution is -2.07. The van der Waals surface area contributed by atoms with Gasteiger partial charge in [0.05, 0.1) is 6.61 Å². The summed E-state index contributed by atoms with van der Waals surface area (Å²) in [5.41, 5.74) is 5.11. The van der Waals surface area contributed by atoms with Crippen LogP contribution in [0.4, 0.5) is 0 Å². The molecule has 0 fully saturated rings. The first-order valence-electron chi connectivity index (χ1n) is 3.80. The van der Waals surface area contributed by atoms with Crippen LogP contribution in [-0.2, 0) is 11.4 Å². The zero-order valence-corrected chi connectivity index (χ0v) is 7.29. The molecule has 66 valence electrons. The highest BCUT2D eigenvalue weighted by Crippen LogP contribution is 2.09. The maximum atomic E-state index is 8.19. The molecule has 0 atom stereocenters. The van der Waals surface area contributed by atoms with E-state index in [-0.39, 0.29) is 0 Å². The number of aryl methyl sites for hydroxylation is 2. The molecule has 0 saturated carbocycles. The van der Waals surface area contributed by atoms with Crippen LogP contribution in [0.15, 0.2) is 18.2 Å². The molecule has 0 heterocycles. The van der Waals surface area contributed by atoms with Crippen LogP contribution >= 0.6 is 0 Å². The topological polar surface area (TPSA) is 41.5 Å². The molecule has 0 saturated heterocycles. The van der Waals surface area contributed by atoms with Gasteiger partial charge in [-0.15, -0.1) is 0 Å². The van der Waals surface area contributed by atoms with Gasteiger partial charge in [-0.05, 0) is 19.4 Å². The highest BCUT2D eigenvalue weighted by Gasteiger charge is 1.95. The molecule has 0 aromatic heterocycles. The SMILES string of the molecule is Cc1cc(C)cc(CONO)c1. The number of rotatable bonds is 3. The van der Waals surface area contributed by atoms with Gasteiger partial charge in [-0.2, -0.15) is 0 Å². The van der Waals surface area contributed by atoms with E-state index in [4.69, 9.17) is 5.21 Å². The van der Waals surface area contributed by atoms with Crippen molar-refractivity contribution in [3.63, 3.8) is 0 Å². The van der Waals surface area contributed by atoms with E-state index in [1.807, 2.05) is 26.0 Å². The maximum Gasteiger partial charge on any atom is 0.0960 e. The minimum Gasteiger partial charge on any atom is -0.292 e. The molecule has 1 rings (SSSR count). The molecule has 0 bridgehead atoms. The monoisotopic (exact) mass is 167 g/mol. The van der Waals surface area contributed by atoms with Crippen LogP contribution in [0.5, 0.6) is 0 Å². The van der Waals surface area contributed by atoms with Gasteiger partial charge in [-0.3, -0.25) is 10.0 Å². The Balaban J connectivity index is 2.72. The second kappa shape index (κ2) is 4.21. The fraction of sp³-hybridized carbons (Fsp3) is 0.333. The van der Waals surface area contributed by atoms with Crippen LogP contribution in [0.2, 0.25) is 0 Å². The third-order valence-electron chi connectivity index (χ3n) is 1.58. The third kappa shape index (κ3) is 2.62. The van der Waals surface area contributed by atoms with Gasteiger partial charge in [-0.25, -0.2) is 0 Å². The minimum atomic E-state index is 0.374. The van der Waals surface area contributed by atoms with Gasteiger partial charge in [0.1, 0.15) is 0 Å². The van der Waals surface area contributed by atoms with Gasteiger partial charge in [0.15, 0.2) is 0 Å². The van der Waals surface area contributed by atoms with Crippen LogP contribution in [0, 0.1) is 13.8 Å². The average Bonchev–Trinajstić information content (AvgIpc) is 1.99. The molecule has 3 nitrogen and oxygen atoms in total. The molecule has 1 aromatic rings. The second-order valence-corrected chi connectivity index (χ2v) is 2.88. The van der Waals surface area contributed by atoms with Crippen molar-refractivity contribution in [1.82, 2.24) is 5.64 Å². The summed E-state index contributed by atoms with van der Waals surface area (Å²) in [5.74, 6) is 0. The molecule has 0 radical (unpaired) electrons. The minimum absolute atomic E-state index is 0.374. The lowest BCUT2D eigenvalue weighted by atomic mass is 10.1. The van der Waals surface area contributed by atoms with E-state index in [1.165, 1.54) is 11.1 Å². The van der Waals surface area contributed by atoms with E-state index in [9.17, 15) is 0 Å². The molecule has 0 spiro atoms. The third-order valence-corrected chi connectivity index (χ3v) is 1.58. The molecule has 1 aromatic carbocycles.